The minimum absolute atomic E-state index is 0.712. The maximum atomic E-state index is 5.19. The lowest BCUT2D eigenvalue weighted by Crippen LogP contribution is -1.91. The van der Waals surface area contributed by atoms with Crippen molar-refractivity contribution in [3.05, 3.63) is 48.5 Å². The summed E-state index contributed by atoms with van der Waals surface area (Å²) in [6.45, 7) is 0. The van der Waals surface area contributed by atoms with Crippen molar-refractivity contribution >= 4 is 16.3 Å². The molecule has 2 aromatic carbocycles. The second-order valence-electron chi connectivity index (χ2n) is 5.08. The third-order valence-electron chi connectivity index (χ3n) is 3.68. The maximum Gasteiger partial charge on any atom is 0.235 e. The van der Waals surface area contributed by atoms with Crippen LogP contribution in [0.2, 0.25) is 0 Å². The number of benzene rings is 2. The summed E-state index contributed by atoms with van der Waals surface area (Å²) in [5.41, 5.74) is 1.96. The van der Waals surface area contributed by atoms with Crippen LogP contribution < -0.4 is 9.47 Å². The van der Waals surface area contributed by atoms with Crippen LogP contribution in [0.15, 0.2) is 48.5 Å². The fourth-order valence-corrected chi connectivity index (χ4v) is 3.23. The van der Waals surface area contributed by atoms with Gasteiger partial charge in [0.25, 0.3) is 0 Å². The Bertz CT molecular complexity index is 974. The Balaban J connectivity index is 1.74. The highest BCUT2D eigenvalue weighted by Crippen LogP contribution is 2.29. The summed E-state index contributed by atoms with van der Waals surface area (Å²) < 4.78 is 12.1. The number of ether oxygens (including phenoxy) is 2. The van der Waals surface area contributed by atoms with E-state index in [0.717, 1.165) is 32.6 Å². The van der Waals surface area contributed by atoms with Crippen LogP contribution in [-0.4, -0.2) is 34.0 Å². The molecular weight excluding hydrogens is 324 g/mol. The second kappa shape index (κ2) is 5.93. The Morgan fingerprint density at radius 2 is 1.38 bits per heavy atom. The SMILES string of the molecule is COc1ccc(-c2nn3c(-c4ccc(OC)cc4)nnc3s2)cc1. The largest absolute Gasteiger partial charge is 0.497 e. The van der Waals surface area contributed by atoms with Gasteiger partial charge in [0.2, 0.25) is 4.96 Å². The number of rotatable bonds is 4. The van der Waals surface area contributed by atoms with E-state index in [1.54, 1.807) is 18.7 Å². The number of hydrogen-bond donors (Lipinski definition) is 0. The number of nitrogens with zero attached hydrogens (tertiary/aromatic N) is 4. The highest BCUT2D eigenvalue weighted by atomic mass is 32.1. The van der Waals surface area contributed by atoms with Crippen LogP contribution in [0.1, 0.15) is 0 Å². The van der Waals surface area contributed by atoms with Gasteiger partial charge in [0.05, 0.1) is 14.2 Å². The van der Waals surface area contributed by atoms with Gasteiger partial charge in [-0.2, -0.15) is 9.61 Å². The van der Waals surface area contributed by atoms with E-state index in [1.165, 1.54) is 11.3 Å². The summed E-state index contributed by atoms with van der Waals surface area (Å²) >= 11 is 1.50. The molecule has 0 amide bonds. The zero-order chi connectivity index (χ0) is 16.5. The molecule has 0 bridgehead atoms. The van der Waals surface area contributed by atoms with Gasteiger partial charge in [0.15, 0.2) is 5.82 Å². The van der Waals surface area contributed by atoms with Crippen molar-refractivity contribution < 1.29 is 9.47 Å². The Labute approximate surface area is 142 Å². The van der Waals surface area contributed by atoms with Crippen molar-refractivity contribution in [2.75, 3.05) is 14.2 Å². The molecule has 0 saturated heterocycles. The maximum absolute atomic E-state index is 5.19. The molecule has 2 aromatic heterocycles. The molecule has 0 aliphatic heterocycles. The monoisotopic (exact) mass is 338 g/mol. The molecule has 6 nitrogen and oxygen atoms in total. The number of methoxy groups -OCH3 is 2. The Kier molecular flexibility index (Phi) is 3.62. The molecule has 2 heterocycles. The molecule has 0 aliphatic rings. The Morgan fingerprint density at radius 3 is 1.96 bits per heavy atom. The summed E-state index contributed by atoms with van der Waals surface area (Å²) in [6, 6.07) is 15.5. The van der Waals surface area contributed by atoms with E-state index < -0.39 is 0 Å². The molecule has 0 aliphatic carbocycles. The molecule has 0 unspecified atom stereocenters. The smallest absolute Gasteiger partial charge is 0.235 e. The van der Waals surface area contributed by atoms with Gasteiger partial charge in [-0.25, -0.2) is 0 Å². The van der Waals surface area contributed by atoms with Crippen molar-refractivity contribution in [3.8, 4) is 33.5 Å². The lowest BCUT2D eigenvalue weighted by molar-refractivity contribution is 0.414. The highest BCUT2D eigenvalue weighted by Gasteiger charge is 2.14. The van der Waals surface area contributed by atoms with Crippen LogP contribution in [0, 0.1) is 0 Å². The topological polar surface area (TPSA) is 61.5 Å². The molecule has 0 N–H and O–H groups in total. The first-order chi connectivity index (χ1) is 11.8. The van der Waals surface area contributed by atoms with Gasteiger partial charge in [0.1, 0.15) is 16.5 Å². The summed E-state index contributed by atoms with van der Waals surface area (Å²) in [6.07, 6.45) is 0. The fourth-order valence-electron chi connectivity index (χ4n) is 2.39. The minimum Gasteiger partial charge on any atom is -0.497 e. The lowest BCUT2D eigenvalue weighted by Gasteiger charge is -2.01. The van der Waals surface area contributed by atoms with Crippen molar-refractivity contribution in [2.45, 2.75) is 0 Å². The molecule has 0 fully saturated rings. The summed E-state index contributed by atoms with van der Waals surface area (Å²) in [5.74, 6) is 2.33. The minimum atomic E-state index is 0.712. The van der Waals surface area contributed by atoms with Crippen LogP contribution in [0.5, 0.6) is 11.5 Å². The van der Waals surface area contributed by atoms with Gasteiger partial charge in [-0.15, -0.1) is 10.2 Å². The van der Waals surface area contributed by atoms with E-state index in [1.807, 2.05) is 48.5 Å². The van der Waals surface area contributed by atoms with E-state index in [2.05, 4.69) is 15.3 Å². The summed E-state index contributed by atoms with van der Waals surface area (Å²) in [4.78, 5) is 0.756. The highest BCUT2D eigenvalue weighted by molar-refractivity contribution is 7.19. The first-order valence-electron chi connectivity index (χ1n) is 7.29. The zero-order valence-corrected chi connectivity index (χ0v) is 13.9. The quantitative estimate of drug-likeness (QED) is 0.569. The average Bonchev–Trinajstić information content (AvgIpc) is 3.22. The molecule has 0 radical (unpaired) electrons. The van der Waals surface area contributed by atoms with Crippen LogP contribution in [0.25, 0.3) is 26.9 Å². The average molecular weight is 338 g/mol. The van der Waals surface area contributed by atoms with Crippen LogP contribution in [0.4, 0.5) is 0 Å². The molecular formula is C17H14N4O2S. The summed E-state index contributed by atoms with van der Waals surface area (Å²) in [7, 11) is 3.30. The van der Waals surface area contributed by atoms with Gasteiger partial charge in [0, 0.05) is 11.1 Å². The zero-order valence-electron chi connectivity index (χ0n) is 13.1. The second-order valence-corrected chi connectivity index (χ2v) is 6.04. The predicted molar refractivity (Wildman–Crippen MR) is 92.6 cm³/mol. The van der Waals surface area contributed by atoms with Gasteiger partial charge in [-0.05, 0) is 48.5 Å². The molecule has 7 heteroatoms. The molecule has 24 heavy (non-hydrogen) atoms. The third-order valence-corrected chi connectivity index (χ3v) is 4.62. The van der Waals surface area contributed by atoms with Crippen molar-refractivity contribution in [1.29, 1.82) is 0 Å². The molecule has 0 saturated carbocycles. The summed E-state index contributed by atoms with van der Waals surface area (Å²) in [5, 5.41) is 14.0. The predicted octanol–water partition coefficient (Wildman–Crippen LogP) is 3.54. The van der Waals surface area contributed by atoms with Gasteiger partial charge in [-0.3, -0.25) is 0 Å². The van der Waals surface area contributed by atoms with Crippen LogP contribution in [0.3, 0.4) is 0 Å². The first kappa shape index (κ1) is 14.6. The van der Waals surface area contributed by atoms with E-state index in [0.29, 0.717) is 5.82 Å². The normalized spacial score (nSPS) is 10.9. The molecule has 4 aromatic rings. The Morgan fingerprint density at radius 1 is 0.792 bits per heavy atom. The van der Waals surface area contributed by atoms with Crippen molar-refractivity contribution in [3.63, 3.8) is 0 Å². The third kappa shape index (κ3) is 2.48. The van der Waals surface area contributed by atoms with E-state index in [4.69, 9.17) is 9.47 Å². The van der Waals surface area contributed by atoms with Gasteiger partial charge >= 0.3 is 0 Å². The number of fused-ring (bicyclic) bond motifs is 1. The lowest BCUT2D eigenvalue weighted by atomic mass is 10.2. The van der Waals surface area contributed by atoms with Crippen LogP contribution >= 0.6 is 11.3 Å². The molecule has 0 spiro atoms. The van der Waals surface area contributed by atoms with E-state index in [-0.39, 0.29) is 0 Å². The number of aromatic nitrogens is 4. The van der Waals surface area contributed by atoms with Crippen LogP contribution in [-0.2, 0) is 0 Å². The molecule has 120 valence electrons. The number of hydrogen-bond acceptors (Lipinski definition) is 6. The van der Waals surface area contributed by atoms with Gasteiger partial charge < -0.3 is 9.47 Å². The van der Waals surface area contributed by atoms with Crippen molar-refractivity contribution in [1.82, 2.24) is 19.8 Å². The molecule has 4 rings (SSSR count). The fraction of sp³-hybridized carbons (Fsp3) is 0.118. The van der Waals surface area contributed by atoms with Gasteiger partial charge in [-0.1, -0.05) is 11.3 Å². The van der Waals surface area contributed by atoms with E-state index in [9.17, 15) is 0 Å². The molecule has 0 atom stereocenters. The Hall–Kier alpha value is -2.93. The standard InChI is InChI=1S/C17H14N4O2S/c1-22-13-7-3-11(4-8-13)15-18-19-17-21(15)20-16(24-17)12-5-9-14(23-2)10-6-12/h3-10H,1-2H3. The first-order valence-corrected chi connectivity index (χ1v) is 8.11. The van der Waals surface area contributed by atoms with Crippen molar-refractivity contribution in [2.24, 2.45) is 0 Å². The van der Waals surface area contributed by atoms with E-state index >= 15 is 0 Å².